The maximum Gasteiger partial charge on any atom is 0.192 e. The summed E-state index contributed by atoms with van der Waals surface area (Å²) < 4.78 is 7.11. The van der Waals surface area contributed by atoms with Crippen molar-refractivity contribution in [2.24, 2.45) is 17.1 Å². The van der Waals surface area contributed by atoms with Gasteiger partial charge in [0.15, 0.2) is 11.5 Å². The van der Waals surface area contributed by atoms with E-state index in [-0.39, 0.29) is 11.8 Å². The molecule has 1 aromatic heterocycles. The lowest BCUT2D eigenvalue weighted by Crippen LogP contribution is -2.42. The smallest absolute Gasteiger partial charge is 0.192 e. The monoisotopic (exact) mass is 293 g/mol. The van der Waals surface area contributed by atoms with E-state index in [0.717, 1.165) is 25.7 Å². The maximum absolute atomic E-state index is 13.2. The van der Waals surface area contributed by atoms with Gasteiger partial charge in [0, 0.05) is 18.0 Å². The normalized spacial score (nSPS) is 26.1. The van der Waals surface area contributed by atoms with Crippen LogP contribution in [-0.2, 0) is 0 Å². The molecular formula is C16H27N3O2. The number of methoxy groups -OCH3 is 1. The van der Waals surface area contributed by atoms with Gasteiger partial charge in [0.25, 0.3) is 0 Å². The first-order valence-corrected chi connectivity index (χ1v) is 7.81. The minimum Gasteiger partial charge on any atom is -0.493 e. The molecule has 118 valence electrons. The zero-order valence-electron chi connectivity index (χ0n) is 13.6. The molecule has 21 heavy (non-hydrogen) atoms. The molecule has 0 atom stereocenters. The Bertz CT molecular complexity index is 500. The van der Waals surface area contributed by atoms with Crippen LogP contribution in [0.1, 0.15) is 63.0 Å². The Hall–Kier alpha value is -1.36. The van der Waals surface area contributed by atoms with Crippen LogP contribution >= 0.6 is 0 Å². The molecule has 0 bridgehead atoms. The van der Waals surface area contributed by atoms with Crippen molar-refractivity contribution in [1.82, 2.24) is 9.78 Å². The van der Waals surface area contributed by atoms with E-state index in [1.54, 1.807) is 18.0 Å². The number of aromatic nitrogens is 2. The van der Waals surface area contributed by atoms with Crippen LogP contribution < -0.4 is 10.5 Å². The van der Waals surface area contributed by atoms with Gasteiger partial charge in [-0.15, -0.1) is 0 Å². The van der Waals surface area contributed by atoms with Gasteiger partial charge in [-0.3, -0.25) is 9.48 Å². The molecule has 1 fully saturated rings. The highest BCUT2D eigenvalue weighted by molar-refractivity contribution is 6.01. The highest BCUT2D eigenvalue weighted by Crippen LogP contribution is 2.42. The Balaban J connectivity index is 2.40. The van der Waals surface area contributed by atoms with Crippen LogP contribution in [-0.4, -0.2) is 29.2 Å². The highest BCUT2D eigenvalue weighted by Gasteiger charge is 2.43. The molecule has 0 radical (unpaired) electrons. The number of nitrogens with two attached hydrogens (primary N) is 1. The van der Waals surface area contributed by atoms with E-state index >= 15 is 0 Å². The third-order valence-electron chi connectivity index (χ3n) is 4.79. The van der Waals surface area contributed by atoms with Crippen molar-refractivity contribution < 1.29 is 9.53 Å². The summed E-state index contributed by atoms with van der Waals surface area (Å²) in [4.78, 5) is 13.2. The number of carbonyl (C=O) groups excluding carboxylic acids is 1. The van der Waals surface area contributed by atoms with Gasteiger partial charge in [-0.25, -0.2) is 0 Å². The lowest BCUT2D eigenvalue weighted by atomic mass is 9.67. The molecule has 1 heterocycles. The lowest BCUT2D eigenvalue weighted by molar-refractivity contribution is 0.0677. The van der Waals surface area contributed by atoms with E-state index in [2.05, 4.69) is 12.0 Å². The van der Waals surface area contributed by atoms with Gasteiger partial charge in [0.05, 0.1) is 13.3 Å². The molecule has 0 spiro atoms. The van der Waals surface area contributed by atoms with Gasteiger partial charge in [-0.1, -0.05) is 6.92 Å². The first kappa shape index (κ1) is 16.0. The Labute approximate surface area is 126 Å². The Kier molecular flexibility index (Phi) is 4.71. The van der Waals surface area contributed by atoms with Crippen LogP contribution in [0.4, 0.5) is 0 Å². The van der Waals surface area contributed by atoms with Crippen molar-refractivity contribution >= 4 is 5.78 Å². The van der Waals surface area contributed by atoms with Crippen molar-refractivity contribution in [2.45, 2.75) is 52.5 Å². The number of nitrogens with zero attached hydrogens (tertiary/aromatic N) is 2. The second-order valence-corrected chi connectivity index (χ2v) is 6.60. The largest absolute Gasteiger partial charge is 0.493 e. The number of Topliss-reactive ketones (excluding diaryl/α,β-unsaturated/α-hetero) is 1. The summed E-state index contributed by atoms with van der Waals surface area (Å²) in [7, 11) is 1.58. The molecule has 0 unspecified atom stereocenters. The molecule has 5 heteroatoms. The number of rotatable bonds is 5. The molecule has 0 aromatic carbocycles. The minimum absolute atomic E-state index is 0.0972. The molecule has 2 N–H and O–H groups in total. The van der Waals surface area contributed by atoms with Gasteiger partial charge >= 0.3 is 0 Å². The molecule has 1 aromatic rings. The fraction of sp³-hybridized carbons (Fsp3) is 0.750. The average Bonchev–Trinajstić information content (AvgIpc) is 2.91. The summed E-state index contributed by atoms with van der Waals surface area (Å²) >= 11 is 0. The van der Waals surface area contributed by atoms with E-state index in [0.29, 0.717) is 23.9 Å². The molecule has 2 rings (SSSR count). The lowest BCUT2D eigenvalue weighted by Gasteiger charge is -2.37. The number of hydrogen-bond acceptors (Lipinski definition) is 4. The summed E-state index contributed by atoms with van der Waals surface area (Å²) in [5, 5.41) is 4.31. The van der Waals surface area contributed by atoms with Crippen molar-refractivity contribution in [3.05, 3.63) is 11.9 Å². The summed E-state index contributed by atoms with van der Waals surface area (Å²) in [6.45, 7) is 6.66. The van der Waals surface area contributed by atoms with Crippen LogP contribution in [0.15, 0.2) is 6.20 Å². The van der Waals surface area contributed by atoms with E-state index in [1.807, 2.05) is 13.8 Å². The van der Waals surface area contributed by atoms with E-state index in [4.69, 9.17) is 10.5 Å². The van der Waals surface area contributed by atoms with Crippen molar-refractivity contribution in [2.75, 3.05) is 13.7 Å². The van der Waals surface area contributed by atoms with Gasteiger partial charge < -0.3 is 10.5 Å². The second-order valence-electron chi connectivity index (χ2n) is 6.60. The zero-order chi connectivity index (χ0) is 15.6. The number of hydrogen-bond donors (Lipinski definition) is 1. The predicted molar refractivity (Wildman–Crippen MR) is 82.6 cm³/mol. The van der Waals surface area contributed by atoms with Gasteiger partial charge in [0.2, 0.25) is 0 Å². The van der Waals surface area contributed by atoms with E-state index in [9.17, 15) is 4.79 Å². The predicted octanol–water partition coefficient (Wildman–Crippen LogP) is 2.81. The molecule has 1 aliphatic rings. The molecule has 5 nitrogen and oxygen atoms in total. The topological polar surface area (TPSA) is 70.1 Å². The Morgan fingerprint density at radius 3 is 2.62 bits per heavy atom. The first-order valence-electron chi connectivity index (χ1n) is 7.81. The number of ketones is 1. The third kappa shape index (κ3) is 2.84. The molecule has 1 aliphatic carbocycles. The summed E-state index contributed by atoms with van der Waals surface area (Å²) in [5.41, 5.74) is 6.14. The average molecular weight is 293 g/mol. The van der Waals surface area contributed by atoms with Crippen LogP contribution in [0.2, 0.25) is 0 Å². The SMILES string of the molecule is COc1cnn(C(C)C)c1C(=O)C1(CN)CCC(C)CC1. The van der Waals surface area contributed by atoms with Crippen LogP contribution in [0.25, 0.3) is 0 Å². The Morgan fingerprint density at radius 1 is 1.52 bits per heavy atom. The van der Waals surface area contributed by atoms with Gasteiger partial charge in [0.1, 0.15) is 5.69 Å². The fourth-order valence-electron chi connectivity index (χ4n) is 3.19. The molecule has 0 aliphatic heterocycles. The second kappa shape index (κ2) is 6.18. The van der Waals surface area contributed by atoms with Crippen LogP contribution in [0, 0.1) is 11.3 Å². The molecule has 1 saturated carbocycles. The van der Waals surface area contributed by atoms with E-state index < -0.39 is 5.41 Å². The highest BCUT2D eigenvalue weighted by atomic mass is 16.5. The molecule has 0 amide bonds. The summed E-state index contributed by atoms with van der Waals surface area (Å²) in [6.07, 6.45) is 5.46. The van der Waals surface area contributed by atoms with Gasteiger partial charge in [-0.05, 0) is 45.4 Å². The molecule has 0 saturated heterocycles. The minimum atomic E-state index is -0.452. The fourth-order valence-corrected chi connectivity index (χ4v) is 3.19. The van der Waals surface area contributed by atoms with Crippen molar-refractivity contribution in [3.8, 4) is 5.75 Å². The summed E-state index contributed by atoms with van der Waals surface area (Å²) in [5.74, 6) is 1.33. The van der Waals surface area contributed by atoms with Crippen molar-refractivity contribution in [1.29, 1.82) is 0 Å². The Morgan fingerprint density at radius 2 is 2.14 bits per heavy atom. The van der Waals surface area contributed by atoms with Gasteiger partial charge in [-0.2, -0.15) is 5.10 Å². The quantitative estimate of drug-likeness (QED) is 0.847. The maximum atomic E-state index is 13.2. The van der Waals surface area contributed by atoms with Crippen LogP contribution in [0.3, 0.4) is 0 Å². The summed E-state index contributed by atoms with van der Waals surface area (Å²) in [6, 6.07) is 0.116. The first-order chi connectivity index (χ1) is 9.95. The molecular weight excluding hydrogens is 266 g/mol. The number of carbonyl (C=O) groups is 1. The van der Waals surface area contributed by atoms with E-state index in [1.165, 1.54) is 0 Å². The zero-order valence-corrected chi connectivity index (χ0v) is 13.6. The number of ether oxygens (including phenoxy) is 1. The standard InChI is InChI=1S/C16H27N3O2/c1-11(2)19-14(13(21-4)9-18-19)15(20)16(10-17)7-5-12(3)6-8-16/h9,11-12H,5-8,10,17H2,1-4H3. The van der Waals surface area contributed by atoms with Crippen LogP contribution in [0.5, 0.6) is 5.75 Å². The third-order valence-corrected chi connectivity index (χ3v) is 4.79. The van der Waals surface area contributed by atoms with Crippen molar-refractivity contribution in [3.63, 3.8) is 0 Å².